The van der Waals surface area contributed by atoms with Gasteiger partial charge >= 0.3 is 6.18 Å². The summed E-state index contributed by atoms with van der Waals surface area (Å²) in [6, 6.07) is 2.35. The molecule has 5 heteroatoms. The molecule has 0 saturated heterocycles. The number of benzene rings is 1. The first kappa shape index (κ1) is 11.4. The van der Waals surface area contributed by atoms with Crippen molar-refractivity contribution >= 4 is 5.78 Å². The van der Waals surface area contributed by atoms with Gasteiger partial charge in [-0.05, 0) is 18.2 Å². The van der Waals surface area contributed by atoms with Crippen LogP contribution in [0.1, 0.15) is 15.9 Å². The lowest BCUT2D eigenvalue weighted by atomic mass is 10.0. The van der Waals surface area contributed by atoms with Gasteiger partial charge in [0.15, 0.2) is 5.78 Å². The molecule has 15 heavy (non-hydrogen) atoms. The summed E-state index contributed by atoms with van der Waals surface area (Å²) in [4.78, 5) is 11.0. The predicted octanol–water partition coefficient (Wildman–Crippen LogP) is 3.21. The number of carbonyl (C=O) groups is 1. The lowest BCUT2D eigenvalue weighted by Gasteiger charge is -2.10. The Labute approximate surface area is 83.0 Å². The summed E-state index contributed by atoms with van der Waals surface area (Å²) in [6.07, 6.45) is -4.11. The molecule has 1 aromatic rings. The fourth-order valence-electron chi connectivity index (χ4n) is 1.11. The zero-order valence-electron chi connectivity index (χ0n) is 7.44. The number of rotatable bonds is 2. The number of hydrogen-bond acceptors (Lipinski definition) is 1. The fraction of sp³-hybridized carbons (Fsp3) is 0.100. The molecule has 0 radical (unpaired) electrons. The van der Waals surface area contributed by atoms with E-state index in [0.29, 0.717) is 12.1 Å². The van der Waals surface area contributed by atoms with Crippen molar-refractivity contribution in [2.75, 3.05) is 0 Å². The number of allylic oxidation sites excluding steroid dienone is 1. The van der Waals surface area contributed by atoms with Crippen LogP contribution in [-0.2, 0) is 6.18 Å². The van der Waals surface area contributed by atoms with Gasteiger partial charge < -0.3 is 0 Å². The molecular weight excluding hydrogens is 212 g/mol. The van der Waals surface area contributed by atoms with E-state index in [9.17, 15) is 22.4 Å². The number of hydrogen-bond donors (Lipinski definition) is 0. The Balaban J connectivity index is 3.46. The Morgan fingerprint density at radius 1 is 1.33 bits per heavy atom. The van der Waals surface area contributed by atoms with Crippen molar-refractivity contribution < 1.29 is 22.4 Å². The summed E-state index contributed by atoms with van der Waals surface area (Å²) in [5.41, 5.74) is -2.27. The molecule has 0 aliphatic rings. The average molecular weight is 218 g/mol. The largest absolute Gasteiger partial charge is 0.417 e. The molecule has 0 N–H and O–H groups in total. The molecule has 0 aliphatic heterocycles. The third-order valence-electron chi connectivity index (χ3n) is 1.75. The fourth-order valence-corrected chi connectivity index (χ4v) is 1.11. The van der Waals surface area contributed by atoms with E-state index in [1.807, 2.05) is 0 Å². The van der Waals surface area contributed by atoms with Gasteiger partial charge in [0.1, 0.15) is 5.82 Å². The third kappa shape index (κ3) is 2.23. The van der Waals surface area contributed by atoms with Crippen LogP contribution in [0.2, 0.25) is 0 Å². The minimum atomic E-state index is -4.75. The van der Waals surface area contributed by atoms with E-state index in [4.69, 9.17) is 0 Å². The molecule has 0 fully saturated rings. The molecule has 0 saturated carbocycles. The van der Waals surface area contributed by atoms with Gasteiger partial charge in [0.05, 0.1) is 11.1 Å². The number of carbonyl (C=O) groups excluding carboxylic acids is 1. The summed E-state index contributed by atoms with van der Waals surface area (Å²) in [6.45, 7) is 3.02. The van der Waals surface area contributed by atoms with E-state index >= 15 is 0 Å². The summed E-state index contributed by atoms with van der Waals surface area (Å²) < 4.78 is 50.2. The second-order valence-electron chi connectivity index (χ2n) is 2.73. The Morgan fingerprint density at radius 3 is 2.40 bits per heavy atom. The average Bonchev–Trinajstić information content (AvgIpc) is 2.15. The Bertz CT molecular complexity index is 406. The predicted molar refractivity (Wildman–Crippen MR) is 45.9 cm³/mol. The highest BCUT2D eigenvalue weighted by atomic mass is 19.4. The monoisotopic (exact) mass is 218 g/mol. The van der Waals surface area contributed by atoms with Crippen molar-refractivity contribution in [2.45, 2.75) is 6.18 Å². The van der Waals surface area contributed by atoms with Crippen LogP contribution in [0.3, 0.4) is 0 Å². The van der Waals surface area contributed by atoms with E-state index in [1.54, 1.807) is 0 Å². The molecule has 0 atom stereocenters. The number of alkyl halides is 3. The molecule has 0 aliphatic carbocycles. The Kier molecular flexibility index (Phi) is 2.93. The molecule has 0 spiro atoms. The molecular formula is C10H6F4O. The van der Waals surface area contributed by atoms with Crippen molar-refractivity contribution in [3.63, 3.8) is 0 Å². The second-order valence-corrected chi connectivity index (χ2v) is 2.73. The highest BCUT2D eigenvalue weighted by Crippen LogP contribution is 2.33. The van der Waals surface area contributed by atoms with Gasteiger partial charge in [-0.2, -0.15) is 13.2 Å². The molecule has 0 bridgehead atoms. The first-order valence-electron chi connectivity index (χ1n) is 3.90. The maximum absolute atomic E-state index is 13.0. The molecule has 80 valence electrons. The van der Waals surface area contributed by atoms with Gasteiger partial charge in [-0.25, -0.2) is 4.39 Å². The molecule has 0 amide bonds. The minimum absolute atomic E-state index is 0.646. The van der Waals surface area contributed by atoms with Crippen molar-refractivity contribution in [1.82, 2.24) is 0 Å². The Hall–Kier alpha value is -1.65. The molecule has 1 aromatic carbocycles. The first-order valence-corrected chi connectivity index (χ1v) is 3.90. The van der Waals surface area contributed by atoms with Crippen LogP contribution in [0.5, 0.6) is 0 Å². The lowest BCUT2D eigenvalue weighted by Crippen LogP contribution is -2.13. The maximum Gasteiger partial charge on any atom is 0.417 e. The van der Waals surface area contributed by atoms with Crippen molar-refractivity contribution in [3.8, 4) is 0 Å². The minimum Gasteiger partial charge on any atom is -0.289 e. The van der Waals surface area contributed by atoms with Crippen LogP contribution in [0.25, 0.3) is 0 Å². The first-order chi connectivity index (χ1) is 6.88. The van der Waals surface area contributed by atoms with E-state index in [2.05, 4.69) is 6.58 Å². The third-order valence-corrected chi connectivity index (χ3v) is 1.75. The Morgan fingerprint density at radius 2 is 1.93 bits per heavy atom. The second kappa shape index (κ2) is 3.84. The highest BCUT2D eigenvalue weighted by molar-refractivity contribution is 6.05. The highest BCUT2D eigenvalue weighted by Gasteiger charge is 2.35. The van der Waals surface area contributed by atoms with Gasteiger partial charge in [-0.1, -0.05) is 12.6 Å². The summed E-state index contributed by atoms with van der Waals surface area (Å²) in [7, 11) is 0. The molecule has 0 heterocycles. The summed E-state index contributed by atoms with van der Waals surface area (Å²) >= 11 is 0. The topological polar surface area (TPSA) is 17.1 Å². The molecule has 0 aromatic heterocycles. The summed E-state index contributed by atoms with van der Waals surface area (Å²) in [5.74, 6) is -2.28. The van der Waals surface area contributed by atoms with Crippen LogP contribution < -0.4 is 0 Å². The van der Waals surface area contributed by atoms with Crippen LogP contribution in [0.4, 0.5) is 17.6 Å². The lowest BCUT2D eigenvalue weighted by molar-refractivity contribution is -0.138. The quantitative estimate of drug-likeness (QED) is 0.423. The van der Waals surface area contributed by atoms with Crippen molar-refractivity contribution in [1.29, 1.82) is 0 Å². The van der Waals surface area contributed by atoms with Gasteiger partial charge in [-0.15, -0.1) is 0 Å². The van der Waals surface area contributed by atoms with Gasteiger partial charge in [-0.3, -0.25) is 4.79 Å². The molecule has 1 nitrogen and oxygen atoms in total. The SMILES string of the molecule is C=CC(=O)c1c(F)cccc1C(F)(F)F. The number of halogens is 4. The number of ketones is 1. The van der Waals surface area contributed by atoms with E-state index < -0.39 is 28.9 Å². The van der Waals surface area contributed by atoms with Gasteiger partial charge in [0, 0.05) is 0 Å². The summed E-state index contributed by atoms with van der Waals surface area (Å²) in [5, 5.41) is 0. The van der Waals surface area contributed by atoms with E-state index in [-0.39, 0.29) is 0 Å². The van der Waals surface area contributed by atoms with Crippen LogP contribution in [-0.4, -0.2) is 5.78 Å². The van der Waals surface area contributed by atoms with Crippen molar-refractivity contribution in [2.24, 2.45) is 0 Å². The van der Waals surface area contributed by atoms with E-state index in [1.165, 1.54) is 0 Å². The zero-order valence-corrected chi connectivity index (χ0v) is 7.44. The maximum atomic E-state index is 13.0. The van der Waals surface area contributed by atoms with Crippen LogP contribution in [0, 0.1) is 5.82 Å². The zero-order chi connectivity index (χ0) is 11.6. The normalized spacial score (nSPS) is 11.2. The molecule has 0 unspecified atom stereocenters. The van der Waals surface area contributed by atoms with Gasteiger partial charge in [0.25, 0.3) is 0 Å². The smallest absolute Gasteiger partial charge is 0.289 e. The standard InChI is InChI=1S/C10H6F4O/c1-2-8(15)9-6(10(12,13)14)4-3-5-7(9)11/h2-5H,1H2. The van der Waals surface area contributed by atoms with E-state index in [0.717, 1.165) is 12.1 Å². The van der Waals surface area contributed by atoms with Crippen LogP contribution >= 0.6 is 0 Å². The van der Waals surface area contributed by atoms with Crippen LogP contribution in [0.15, 0.2) is 30.9 Å². The molecule has 1 rings (SSSR count). The van der Waals surface area contributed by atoms with Gasteiger partial charge in [0.2, 0.25) is 0 Å². The van der Waals surface area contributed by atoms with Crippen molar-refractivity contribution in [3.05, 3.63) is 47.8 Å².